The third kappa shape index (κ3) is 3.57. The van der Waals surface area contributed by atoms with Gasteiger partial charge in [0, 0.05) is 24.8 Å². The molecule has 1 rings (SSSR count). The Kier molecular flexibility index (Phi) is 4.90. The molecule has 0 spiro atoms. The van der Waals surface area contributed by atoms with Crippen molar-refractivity contribution in [1.29, 1.82) is 0 Å². The van der Waals surface area contributed by atoms with Crippen LogP contribution in [0, 0.1) is 19.8 Å². The van der Waals surface area contributed by atoms with Gasteiger partial charge in [-0.25, -0.2) is 0 Å². The first-order chi connectivity index (χ1) is 8.32. The van der Waals surface area contributed by atoms with Crippen LogP contribution in [0.2, 0.25) is 0 Å². The summed E-state index contributed by atoms with van der Waals surface area (Å²) in [6.45, 7) is 8.54. The Balaban J connectivity index is 2.70. The van der Waals surface area contributed by atoms with Gasteiger partial charge in [0.15, 0.2) is 0 Å². The van der Waals surface area contributed by atoms with Crippen LogP contribution in [0.3, 0.4) is 0 Å². The highest BCUT2D eigenvalue weighted by Gasteiger charge is 2.19. The van der Waals surface area contributed by atoms with Crippen molar-refractivity contribution in [3.8, 4) is 0 Å². The normalized spacial score (nSPS) is 13.0. The number of aliphatic carboxylic acids is 1. The Labute approximate surface area is 108 Å². The van der Waals surface area contributed by atoms with E-state index >= 15 is 0 Å². The fourth-order valence-corrected chi connectivity index (χ4v) is 2.04. The van der Waals surface area contributed by atoms with Gasteiger partial charge in [0.05, 0.1) is 5.69 Å². The standard InChI is InChI=1S/C13H23N3O2/c1-8(2)6-12(13(17)18)14-7-11-9(3)15-16(5)10(11)4/h8,12,14H,6-7H2,1-5H3,(H,17,18). The Morgan fingerprint density at radius 3 is 2.44 bits per heavy atom. The molecule has 0 radical (unpaired) electrons. The maximum absolute atomic E-state index is 11.1. The van der Waals surface area contributed by atoms with E-state index in [2.05, 4.69) is 10.4 Å². The Hall–Kier alpha value is -1.36. The number of hydrogen-bond donors (Lipinski definition) is 2. The van der Waals surface area contributed by atoms with Crippen molar-refractivity contribution in [2.24, 2.45) is 13.0 Å². The summed E-state index contributed by atoms with van der Waals surface area (Å²) in [5.74, 6) is -0.433. The van der Waals surface area contributed by atoms with Crippen molar-refractivity contribution < 1.29 is 9.90 Å². The van der Waals surface area contributed by atoms with Gasteiger partial charge in [0.2, 0.25) is 0 Å². The number of nitrogens with zero attached hydrogens (tertiary/aromatic N) is 2. The highest BCUT2D eigenvalue weighted by molar-refractivity contribution is 5.73. The molecule has 1 aromatic rings. The second kappa shape index (κ2) is 6.00. The van der Waals surface area contributed by atoms with Crippen molar-refractivity contribution in [3.05, 3.63) is 17.0 Å². The molecule has 18 heavy (non-hydrogen) atoms. The van der Waals surface area contributed by atoms with Crippen molar-refractivity contribution in [2.45, 2.75) is 46.7 Å². The minimum Gasteiger partial charge on any atom is -0.480 e. The molecule has 0 fully saturated rings. The number of carboxylic acid groups (broad SMARTS) is 1. The number of rotatable bonds is 6. The molecule has 0 aromatic carbocycles. The molecule has 0 aliphatic carbocycles. The number of nitrogens with one attached hydrogen (secondary N) is 1. The van der Waals surface area contributed by atoms with Crippen LogP contribution in [0.4, 0.5) is 0 Å². The van der Waals surface area contributed by atoms with E-state index in [1.54, 1.807) is 0 Å². The predicted octanol–water partition coefficient (Wildman–Crippen LogP) is 1.63. The molecule has 0 bridgehead atoms. The van der Waals surface area contributed by atoms with Gasteiger partial charge in [-0.1, -0.05) is 13.8 Å². The average molecular weight is 253 g/mol. The third-order valence-electron chi connectivity index (χ3n) is 3.19. The summed E-state index contributed by atoms with van der Waals surface area (Å²) in [5, 5.41) is 16.6. The topological polar surface area (TPSA) is 67.2 Å². The summed E-state index contributed by atoms with van der Waals surface area (Å²) in [4.78, 5) is 11.1. The molecule has 1 heterocycles. The molecule has 0 amide bonds. The molecule has 0 saturated heterocycles. The summed E-state index contributed by atoms with van der Waals surface area (Å²) in [7, 11) is 1.90. The van der Waals surface area contributed by atoms with Crippen LogP contribution in [0.15, 0.2) is 0 Å². The molecule has 0 saturated carbocycles. The molecule has 5 nitrogen and oxygen atoms in total. The zero-order chi connectivity index (χ0) is 13.9. The van der Waals surface area contributed by atoms with E-state index in [-0.39, 0.29) is 0 Å². The molecule has 5 heteroatoms. The van der Waals surface area contributed by atoms with Gasteiger partial charge in [-0.05, 0) is 26.2 Å². The fourth-order valence-electron chi connectivity index (χ4n) is 2.04. The van der Waals surface area contributed by atoms with Gasteiger partial charge in [0.1, 0.15) is 6.04 Å². The first-order valence-electron chi connectivity index (χ1n) is 6.28. The zero-order valence-corrected chi connectivity index (χ0v) is 11.8. The number of aryl methyl sites for hydroxylation is 2. The van der Waals surface area contributed by atoms with Crippen molar-refractivity contribution >= 4 is 5.97 Å². The Bertz CT molecular complexity index is 424. The lowest BCUT2D eigenvalue weighted by molar-refractivity contribution is -0.140. The van der Waals surface area contributed by atoms with Crippen molar-refractivity contribution in [1.82, 2.24) is 15.1 Å². The van der Waals surface area contributed by atoms with Gasteiger partial charge in [-0.3, -0.25) is 9.48 Å². The van der Waals surface area contributed by atoms with E-state index < -0.39 is 12.0 Å². The first-order valence-corrected chi connectivity index (χ1v) is 6.28. The molecule has 102 valence electrons. The Morgan fingerprint density at radius 1 is 1.44 bits per heavy atom. The second-order valence-corrected chi connectivity index (χ2v) is 5.17. The number of carbonyl (C=O) groups is 1. The quantitative estimate of drug-likeness (QED) is 0.808. The van der Waals surface area contributed by atoms with E-state index in [1.165, 1.54) is 0 Å². The van der Waals surface area contributed by atoms with Crippen molar-refractivity contribution in [3.63, 3.8) is 0 Å². The predicted molar refractivity (Wildman–Crippen MR) is 70.4 cm³/mol. The summed E-state index contributed by atoms with van der Waals surface area (Å²) < 4.78 is 1.82. The van der Waals surface area contributed by atoms with Crippen LogP contribution < -0.4 is 5.32 Å². The highest BCUT2D eigenvalue weighted by Crippen LogP contribution is 2.13. The van der Waals surface area contributed by atoms with Gasteiger partial charge >= 0.3 is 5.97 Å². The highest BCUT2D eigenvalue weighted by atomic mass is 16.4. The van der Waals surface area contributed by atoms with E-state index in [1.807, 2.05) is 39.4 Å². The number of aromatic nitrogens is 2. The van der Waals surface area contributed by atoms with E-state index in [0.29, 0.717) is 18.9 Å². The molecule has 2 N–H and O–H groups in total. The second-order valence-electron chi connectivity index (χ2n) is 5.17. The fraction of sp³-hybridized carbons (Fsp3) is 0.692. The van der Waals surface area contributed by atoms with E-state index in [4.69, 9.17) is 5.11 Å². The maximum atomic E-state index is 11.1. The largest absolute Gasteiger partial charge is 0.480 e. The van der Waals surface area contributed by atoms with Crippen LogP contribution in [-0.4, -0.2) is 26.9 Å². The van der Waals surface area contributed by atoms with Crippen LogP contribution in [0.5, 0.6) is 0 Å². The SMILES string of the molecule is Cc1nn(C)c(C)c1CNC(CC(C)C)C(=O)O. The molecule has 1 atom stereocenters. The van der Waals surface area contributed by atoms with Gasteiger partial charge < -0.3 is 10.4 Å². The van der Waals surface area contributed by atoms with Crippen LogP contribution in [0.1, 0.15) is 37.2 Å². The molecular formula is C13H23N3O2. The molecule has 1 aromatic heterocycles. The lowest BCUT2D eigenvalue weighted by Crippen LogP contribution is -2.37. The van der Waals surface area contributed by atoms with Crippen LogP contribution >= 0.6 is 0 Å². The number of hydrogen-bond acceptors (Lipinski definition) is 3. The summed E-state index contributed by atoms with van der Waals surface area (Å²) in [6.07, 6.45) is 0.633. The molecule has 0 aliphatic rings. The number of carboxylic acids is 1. The van der Waals surface area contributed by atoms with Crippen molar-refractivity contribution in [2.75, 3.05) is 0 Å². The zero-order valence-electron chi connectivity index (χ0n) is 11.8. The van der Waals surface area contributed by atoms with Crippen LogP contribution in [0.25, 0.3) is 0 Å². The Morgan fingerprint density at radius 2 is 2.06 bits per heavy atom. The summed E-state index contributed by atoms with van der Waals surface area (Å²) in [5.41, 5.74) is 3.12. The van der Waals surface area contributed by atoms with Crippen LogP contribution in [-0.2, 0) is 18.4 Å². The van der Waals surface area contributed by atoms with Gasteiger partial charge in [-0.15, -0.1) is 0 Å². The summed E-state index contributed by atoms with van der Waals surface area (Å²) in [6, 6.07) is -0.496. The average Bonchev–Trinajstić information content (AvgIpc) is 2.48. The smallest absolute Gasteiger partial charge is 0.320 e. The van der Waals surface area contributed by atoms with E-state index in [9.17, 15) is 4.79 Å². The molecule has 1 unspecified atom stereocenters. The lowest BCUT2D eigenvalue weighted by Gasteiger charge is -2.16. The monoisotopic (exact) mass is 253 g/mol. The molecular weight excluding hydrogens is 230 g/mol. The molecule has 0 aliphatic heterocycles. The maximum Gasteiger partial charge on any atom is 0.320 e. The lowest BCUT2D eigenvalue weighted by atomic mass is 10.0. The summed E-state index contributed by atoms with van der Waals surface area (Å²) >= 11 is 0. The minimum absolute atomic E-state index is 0.356. The van der Waals surface area contributed by atoms with Gasteiger partial charge in [-0.2, -0.15) is 5.10 Å². The van der Waals surface area contributed by atoms with E-state index in [0.717, 1.165) is 17.0 Å². The van der Waals surface area contributed by atoms with Gasteiger partial charge in [0.25, 0.3) is 0 Å². The first kappa shape index (κ1) is 14.7. The minimum atomic E-state index is -0.789. The third-order valence-corrected chi connectivity index (χ3v) is 3.19.